The monoisotopic (exact) mass is 257 g/mol. The van der Waals surface area contributed by atoms with Gasteiger partial charge in [0.2, 0.25) is 0 Å². The predicted octanol–water partition coefficient (Wildman–Crippen LogP) is 4.09. The Morgan fingerprint density at radius 3 is 2.53 bits per heavy atom. The van der Waals surface area contributed by atoms with E-state index in [2.05, 4.69) is 13.0 Å². The molecule has 0 radical (unpaired) electrons. The fourth-order valence-electron chi connectivity index (χ4n) is 1.84. The zero-order valence-electron chi connectivity index (χ0n) is 10.8. The molecule has 0 unspecified atom stereocenters. The zero-order valence-corrected chi connectivity index (χ0v) is 11.6. The SMILES string of the molecule is CCCCC[C@H](N)c1ccccc1OCC.Cl. The molecule has 17 heavy (non-hydrogen) atoms. The Kier molecular flexibility index (Phi) is 8.92. The fourth-order valence-corrected chi connectivity index (χ4v) is 1.84. The molecule has 0 aliphatic rings. The molecule has 0 aromatic heterocycles. The number of ether oxygens (including phenoxy) is 1. The second-order valence-electron chi connectivity index (χ2n) is 4.07. The molecule has 2 N–H and O–H groups in total. The zero-order chi connectivity index (χ0) is 11.8. The van der Waals surface area contributed by atoms with Gasteiger partial charge in [-0.2, -0.15) is 0 Å². The Morgan fingerprint density at radius 1 is 1.18 bits per heavy atom. The van der Waals surface area contributed by atoms with Crippen molar-refractivity contribution >= 4 is 12.4 Å². The van der Waals surface area contributed by atoms with Crippen LogP contribution in [0.5, 0.6) is 5.75 Å². The Bertz CT molecular complexity index is 304. The van der Waals surface area contributed by atoms with E-state index in [0.29, 0.717) is 6.61 Å². The van der Waals surface area contributed by atoms with Crippen molar-refractivity contribution in [3.63, 3.8) is 0 Å². The molecule has 0 aliphatic heterocycles. The third-order valence-electron chi connectivity index (χ3n) is 2.74. The minimum Gasteiger partial charge on any atom is -0.494 e. The summed E-state index contributed by atoms with van der Waals surface area (Å²) in [5.74, 6) is 0.939. The average Bonchev–Trinajstić information content (AvgIpc) is 2.30. The number of halogens is 1. The van der Waals surface area contributed by atoms with Gasteiger partial charge < -0.3 is 10.5 Å². The molecular weight excluding hydrogens is 234 g/mol. The summed E-state index contributed by atoms with van der Waals surface area (Å²) in [5.41, 5.74) is 7.33. The molecule has 0 saturated carbocycles. The standard InChI is InChI=1S/C14H23NO.ClH/c1-3-5-6-10-13(15)12-9-7-8-11-14(12)16-4-2;/h7-9,11,13H,3-6,10,15H2,1-2H3;1H/t13-;/m0./s1. The molecule has 98 valence electrons. The first-order valence-corrected chi connectivity index (χ1v) is 6.26. The highest BCUT2D eigenvalue weighted by Crippen LogP contribution is 2.26. The summed E-state index contributed by atoms with van der Waals surface area (Å²) in [5, 5.41) is 0. The molecule has 1 atom stereocenters. The van der Waals surface area contributed by atoms with Crippen molar-refractivity contribution in [2.45, 2.75) is 45.6 Å². The number of benzene rings is 1. The van der Waals surface area contributed by atoms with Crippen molar-refractivity contribution in [1.82, 2.24) is 0 Å². The van der Waals surface area contributed by atoms with Crippen LogP contribution in [-0.2, 0) is 0 Å². The quantitative estimate of drug-likeness (QED) is 0.747. The van der Waals surface area contributed by atoms with Gasteiger partial charge in [-0.3, -0.25) is 0 Å². The third kappa shape index (κ3) is 5.42. The molecule has 0 aliphatic carbocycles. The Balaban J connectivity index is 0.00000256. The highest BCUT2D eigenvalue weighted by molar-refractivity contribution is 5.85. The van der Waals surface area contributed by atoms with Gasteiger partial charge in [0.05, 0.1) is 6.61 Å². The smallest absolute Gasteiger partial charge is 0.124 e. The lowest BCUT2D eigenvalue weighted by molar-refractivity contribution is 0.333. The van der Waals surface area contributed by atoms with E-state index >= 15 is 0 Å². The summed E-state index contributed by atoms with van der Waals surface area (Å²) in [7, 11) is 0. The molecule has 0 bridgehead atoms. The van der Waals surface area contributed by atoms with Crippen LogP contribution in [0.4, 0.5) is 0 Å². The topological polar surface area (TPSA) is 35.2 Å². The van der Waals surface area contributed by atoms with Gasteiger partial charge in [-0.15, -0.1) is 12.4 Å². The summed E-state index contributed by atoms with van der Waals surface area (Å²) >= 11 is 0. The van der Waals surface area contributed by atoms with Crippen LogP contribution < -0.4 is 10.5 Å². The van der Waals surface area contributed by atoms with E-state index in [1.807, 2.05) is 25.1 Å². The molecule has 0 fully saturated rings. The van der Waals surface area contributed by atoms with Crippen molar-refractivity contribution in [1.29, 1.82) is 0 Å². The second-order valence-corrected chi connectivity index (χ2v) is 4.07. The fraction of sp³-hybridized carbons (Fsp3) is 0.571. The number of para-hydroxylation sites is 1. The predicted molar refractivity (Wildman–Crippen MR) is 75.9 cm³/mol. The van der Waals surface area contributed by atoms with Crippen molar-refractivity contribution in [2.24, 2.45) is 5.73 Å². The van der Waals surface area contributed by atoms with Gasteiger partial charge in [-0.1, -0.05) is 44.4 Å². The molecule has 3 heteroatoms. The number of nitrogens with two attached hydrogens (primary N) is 1. The van der Waals surface area contributed by atoms with Crippen LogP contribution >= 0.6 is 12.4 Å². The first-order valence-electron chi connectivity index (χ1n) is 6.26. The minimum absolute atomic E-state index is 0. The van der Waals surface area contributed by atoms with Crippen molar-refractivity contribution in [3.05, 3.63) is 29.8 Å². The summed E-state index contributed by atoms with van der Waals surface area (Å²) in [6.07, 6.45) is 4.72. The second kappa shape index (κ2) is 9.32. The van der Waals surface area contributed by atoms with Crippen molar-refractivity contribution in [3.8, 4) is 5.75 Å². The first kappa shape index (κ1) is 16.3. The molecule has 0 spiro atoms. The van der Waals surface area contributed by atoms with E-state index in [1.165, 1.54) is 19.3 Å². The highest BCUT2D eigenvalue weighted by atomic mass is 35.5. The van der Waals surface area contributed by atoms with Gasteiger partial charge in [0.15, 0.2) is 0 Å². The van der Waals surface area contributed by atoms with Crippen LogP contribution in [0.1, 0.15) is 51.1 Å². The lowest BCUT2D eigenvalue weighted by atomic mass is 10.0. The first-order chi connectivity index (χ1) is 7.79. The molecule has 2 nitrogen and oxygen atoms in total. The maximum Gasteiger partial charge on any atom is 0.124 e. The molecule has 0 heterocycles. The van der Waals surface area contributed by atoms with Gasteiger partial charge in [0.1, 0.15) is 5.75 Å². The largest absolute Gasteiger partial charge is 0.494 e. The molecule has 0 saturated heterocycles. The number of hydrogen-bond donors (Lipinski definition) is 1. The van der Waals surface area contributed by atoms with Crippen molar-refractivity contribution < 1.29 is 4.74 Å². The Morgan fingerprint density at radius 2 is 1.88 bits per heavy atom. The molecule has 0 amide bonds. The maximum absolute atomic E-state index is 6.19. The minimum atomic E-state index is 0. The average molecular weight is 258 g/mol. The van der Waals surface area contributed by atoms with Crippen molar-refractivity contribution in [2.75, 3.05) is 6.61 Å². The van der Waals surface area contributed by atoms with Crippen LogP contribution in [0.2, 0.25) is 0 Å². The van der Waals surface area contributed by atoms with E-state index in [-0.39, 0.29) is 18.4 Å². The maximum atomic E-state index is 6.19. The lowest BCUT2D eigenvalue weighted by Crippen LogP contribution is -2.12. The van der Waals surface area contributed by atoms with E-state index < -0.39 is 0 Å². The van der Waals surface area contributed by atoms with Gasteiger partial charge in [0, 0.05) is 11.6 Å². The molecule has 1 aromatic carbocycles. The molecular formula is C14H24ClNO. The molecule has 1 aromatic rings. The number of rotatable bonds is 7. The van der Waals surface area contributed by atoms with Crippen LogP contribution in [0.3, 0.4) is 0 Å². The van der Waals surface area contributed by atoms with E-state index in [1.54, 1.807) is 0 Å². The van der Waals surface area contributed by atoms with Crippen LogP contribution in [-0.4, -0.2) is 6.61 Å². The van der Waals surface area contributed by atoms with E-state index in [4.69, 9.17) is 10.5 Å². The Labute approximate surface area is 111 Å². The summed E-state index contributed by atoms with van der Waals surface area (Å²) < 4.78 is 5.58. The number of hydrogen-bond acceptors (Lipinski definition) is 2. The Hall–Kier alpha value is -0.730. The molecule has 1 rings (SSSR count). The van der Waals surface area contributed by atoms with Crippen LogP contribution in [0.15, 0.2) is 24.3 Å². The van der Waals surface area contributed by atoms with Gasteiger partial charge >= 0.3 is 0 Å². The summed E-state index contributed by atoms with van der Waals surface area (Å²) in [6, 6.07) is 8.19. The van der Waals surface area contributed by atoms with E-state index in [0.717, 1.165) is 17.7 Å². The van der Waals surface area contributed by atoms with Crippen LogP contribution in [0, 0.1) is 0 Å². The summed E-state index contributed by atoms with van der Waals surface area (Å²) in [4.78, 5) is 0. The van der Waals surface area contributed by atoms with Gasteiger partial charge in [-0.05, 0) is 19.4 Å². The normalized spacial score (nSPS) is 11.7. The lowest BCUT2D eigenvalue weighted by Gasteiger charge is -2.16. The number of unbranched alkanes of at least 4 members (excludes halogenated alkanes) is 2. The highest BCUT2D eigenvalue weighted by Gasteiger charge is 2.10. The third-order valence-corrected chi connectivity index (χ3v) is 2.74. The van der Waals surface area contributed by atoms with Crippen LogP contribution in [0.25, 0.3) is 0 Å². The van der Waals surface area contributed by atoms with Gasteiger partial charge in [0.25, 0.3) is 0 Å². The van der Waals surface area contributed by atoms with E-state index in [9.17, 15) is 0 Å². The van der Waals surface area contributed by atoms with Gasteiger partial charge in [-0.25, -0.2) is 0 Å². The summed E-state index contributed by atoms with van der Waals surface area (Å²) in [6.45, 7) is 4.90.